The number of hydrogen-bond donors (Lipinski definition) is 2. The molecule has 8 nitrogen and oxygen atoms in total. The molecule has 2 aromatic rings. The van der Waals surface area contributed by atoms with Crippen LogP contribution in [0.4, 0.5) is 51.7 Å². The molecule has 198 valence electrons. The fourth-order valence-corrected chi connectivity index (χ4v) is 2.87. The Hall–Kier alpha value is -3.72. The van der Waals surface area contributed by atoms with Crippen molar-refractivity contribution in [2.45, 2.75) is 44.8 Å². The Labute approximate surface area is 197 Å². The second-order valence-corrected chi connectivity index (χ2v) is 7.98. The van der Waals surface area contributed by atoms with Crippen molar-refractivity contribution in [1.29, 1.82) is 0 Å². The van der Waals surface area contributed by atoms with Gasteiger partial charge in [0, 0.05) is 5.56 Å². The normalized spacial score (nSPS) is 16.1. The summed E-state index contributed by atoms with van der Waals surface area (Å²) in [5, 5.41) is 9.82. The number of ether oxygens (including phenoxy) is 1. The van der Waals surface area contributed by atoms with Gasteiger partial charge in [-0.1, -0.05) is 6.07 Å². The van der Waals surface area contributed by atoms with Crippen LogP contribution >= 0.6 is 0 Å². The summed E-state index contributed by atoms with van der Waals surface area (Å²) in [6, 6.07) is 1.32. The molecule has 1 aromatic heterocycles. The smallest absolute Gasteiger partial charge is 0.475 e. The molecular weight excluding hydrogens is 512 g/mol. The number of alkyl halides is 6. The zero-order chi connectivity index (χ0) is 27.6. The molecule has 0 spiro atoms. The van der Waals surface area contributed by atoms with Gasteiger partial charge >= 0.3 is 24.4 Å². The van der Waals surface area contributed by atoms with Crippen LogP contribution in [0.5, 0.6) is 0 Å². The van der Waals surface area contributed by atoms with E-state index < -0.39 is 53.3 Å². The molecule has 0 bridgehead atoms. The highest BCUT2D eigenvalue weighted by atomic mass is 19.4. The van der Waals surface area contributed by atoms with Crippen LogP contribution in [0.3, 0.4) is 0 Å². The van der Waals surface area contributed by atoms with Crippen molar-refractivity contribution in [3.05, 3.63) is 47.2 Å². The predicted octanol–water partition coefficient (Wildman–Crippen LogP) is 5.32. The third-order valence-corrected chi connectivity index (χ3v) is 4.49. The van der Waals surface area contributed by atoms with Crippen LogP contribution in [0.15, 0.2) is 24.4 Å². The SMILES string of the molecule is C[C@H](Nc1ncc(F)c(N2CC(C)(C)OC2=O)n1)c1ccc(C(F)(F)F)cc1F.O=C(O)C(F)(F)F. The molecule has 1 aromatic carbocycles. The highest BCUT2D eigenvalue weighted by Crippen LogP contribution is 2.32. The molecule has 0 radical (unpaired) electrons. The lowest BCUT2D eigenvalue weighted by molar-refractivity contribution is -0.192. The van der Waals surface area contributed by atoms with Crippen LogP contribution in [-0.2, 0) is 15.7 Å². The van der Waals surface area contributed by atoms with Crippen molar-refractivity contribution < 1.29 is 54.6 Å². The summed E-state index contributed by atoms with van der Waals surface area (Å²) in [6.07, 6.45) is -9.69. The van der Waals surface area contributed by atoms with Crippen molar-refractivity contribution in [3.8, 4) is 0 Å². The number of carbonyl (C=O) groups is 2. The molecule has 1 amide bonds. The Morgan fingerprint density at radius 1 is 1.17 bits per heavy atom. The summed E-state index contributed by atoms with van der Waals surface area (Å²) < 4.78 is 103. The van der Waals surface area contributed by atoms with E-state index in [9.17, 15) is 39.9 Å². The Bertz CT molecular complexity index is 1140. The molecule has 0 saturated carbocycles. The number of rotatable bonds is 4. The maximum atomic E-state index is 14.2. The first-order valence-corrected chi connectivity index (χ1v) is 9.78. The van der Waals surface area contributed by atoms with Crippen LogP contribution < -0.4 is 10.2 Å². The Morgan fingerprint density at radius 3 is 2.19 bits per heavy atom. The van der Waals surface area contributed by atoms with Crippen LogP contribution in [0, 0.1) is 11.6 Å². The van der Waals surface area contributed by atoms with E-state index in [-0.39, 0.29) is 23.9 Å². The molecule has 1 aliphatic rings. The van der Waals surface area contributed by atoms with Gasteiger partial charge in [-0.2, -0.15) is 31.3 Å². The summed E-state index contributed by atoms with van der Waals surface area (Å²) in [5.74, 6) is -5.14. The molecule has 3 rings (SSSR count). The number of aromatic nitrogens is 2. The summed E-state index contributed by atoms with van der Waals surface area (Å²) >= 11 is 0. The van der Waals surface area contributed by atoms with Crippen molar-refractivity contribution in [2.75, 3.05) is 16.8 Å². The molecular formula is C20H18F8N4O4. The van der Waals surface area contributed by atoms with Crippen molar-refractivity contribution in [2.24, 2.45) is 0 Å². The van der Waals surface area contributed by atoms with Gasteiger partial charge in [-0.3, -0.25) is 4.90 Å². The second kappa shape index (κ2) is 10.1. The molecule has 0 aliphatic carbocycles. The summed E-state index contributed by atoms with van der Waals surface area (Å²) in [7, 11) is 0. The number of carboxylic acid groups (broad SMARTS) is 1. The Balaban J connectivity index is 0.000000572. The zero-order valence-corrected chi connectivity index (χ0v) is 18.6. The van der Waals surface area contributed by atoms with Gasteiger partial charge < -0.3 is 15.2 Å². The maximum Gasteiger partial charge on any atom is 0.490 e. The highest BCUT2D eigenvalue weighted by molar-refractivity contribution is 5.89. The highest BCUT2D eigenvalue weighted by Gasteiger charge is 2.40. The number of carboxylic acids is 1. The largest absolute Gasteiger partial charge is 0.490 e. The summed E-state index contributed by atoms with van der Waals surface area (Å²) in [4.78, 5) is 29.6. The lowest BCUT2D eigenvalue weighted by Crippen LogP contribution is -2.30. The van der Waals surface area contributed by atoms with E-state index in [1.807, 2.05) is 0 Å². The number of hydrogen-bond acceptors (Lipinski definition) is 6. The molecule has 1 fully saturated rings. The first-order valence-electron chi connectivity index (χ1n) is 9.78. The first kappa shape index (κ1) is 28.5. The van der Waals surface area contributed by atoms with E-state index in [2.05, 4.69) is 15.3 Å². The van der Waals surface area contributed by atoms with Gasteiger partial charge in [-0.25, -0.2) is 23.4 Å². The number of halogens is 8. The molecule has 2 N–H and O–H groups in total. The average Bonchev–Trinajstić information content (AvgIpc) is 3.00. The maximum absolute atomic E-state index is 14.2. The van der Waals surface area contributed by atoms with Gasteiger partial charge in [0.1, 0.15) is 11.4 Å². The fourth-order valence-electron chi connectivity index (χ4n) is 2.87. The summed E-state index contributed by atoms with van der Waals surface area (Å²) in [6.45, 7) is 4.84. The van der Waals surface area contributed by atoms with E-state index in [0.717, 1.165) is 23.2 Å². The Kier molecular flexibility index (Phi) is 8.00. The topological polar surface area (TPSA) is 105 Å². The average molecular weight is 530 g/mol. The van der Waals surface area contributed by atoms with E-state index in [1.165, 1.54) is 6.92 Å². The number of nitrogens with one attached hydrogen (secondary N) is 1. The van der Waals surface area contributed by atoms with Crippen molar-refractivity contribution in [1.82, 2.24) is 9.97 Å². The molecule has 16 heteroatoms. The lowest BCUT2D eigenvalue weighted by atomic mass is 10.0. The zero-order valence-electron chi connectivity index (χ0n) is 18.6. The minimum atomic E-state index is -5.08. The molecule has 1 atom stereocenters. The predicted molar refractivity (Wildman–Crippen MR) is 107 cm³/mol. The van der Waals surface area contributed by atoms with Gasteiger partial charge in [-0.05, 0) is 32.9 Å². The second-order valence-electron chi connectivity index (χ2n) is 7.98. The number of benzene rings is 1. The van der Waals surface area contributed by atoms with Crippen LogP contribution in [0.2, 0.25) is 0 Å². The monoisotopic (exact) mass is 530 g/mol. The van der Waals surface area contributed by atoms with Gasteiger partial charge in [0.25, 0.3) is 0 Å². The van der Waals surface area contributed by atoms with Gasteiger partial charge in [0.15, 0.2) is 11.6 Å². The van der Waals surface area contributed by atoms with E-state index in [4.69, 9.17) is 14.6 Å². The Morgan fingerprint density at radius 2 is 1.75 bits per heavy atom. The molecule has 2 heterocycles. The van der Waals surface area contributed by atoms with Crippen LogP contribution in [-0.4, -0.2) is 45.5 Å². The number of aliphatic carboxylic acids is 1. The number of nitrogens with zero attached hydrogens (tertiary/aromatic N) is 3. The number of amides is 1. The van der Waals surface area contributed by atoms with Gasteiger partial charge in [0.05, 0.1) is 24.3 Å². The third kappa shape index (κ3) is 7.14. The standard InChI is InChI=1S/C18H17F5N4O2.C2HF3O2/c1-9(11-5-4-10(6-12(11)19)18(21,22)23)25-15-24-7-13(20)14(26-15)27-8-17(2,3)29-16(27)28;3-2(4,5)1(6)7/h4-7,9H,8H2,1-3H3,(H,24,25,26);(H,6,7)/t9-;/m0./s1. The number of anilines is 2. The fraction of sp³-hybridized carbons (Fsp3) is 0.400. The molecule has 36 heavy (non-hydrogen) atoms. The molecule has 0 unspecified atom stereocenters. The van der Waals surface area contributed by atoms with Crippen molar-refractivity contribution >= 4 is 23.8 Å². The van der Waals surface area contributed by atoms with E-state index in [1.54, 1.807) is 13.8 Å². The quantitative estimate of drug-likeness (QED) is 0.516. The minimum Gasteiger partial charge on any atom is -0.475 e. The van der Waals surface area contributed by atoms with Crippen LogP contribution in [0.1, 0.15) is 37.9 Å². The van der Waals surface area contributed by atoms with E-state index in [0.29, 0.717) is 6.07 Å². The van der Waals surface area contributed by atoms with Crippen molar-refractivity contribution in [3.63, 3.8) is 0 Å². The molecule has 1 aliphatic heterocycles. The third-order valence-electron chi connectivity index (χ3n) is 4.49. The lowest BCUT2D eigenvalue weighted by Gasteiger charge is -2.18. The van der Waals surface area contributed by atoms with Gasteiger partial charge in [0.2, 0.25) is 5.95 Å². The number of carbonyl (C=O) groups excluding carboxylic acids is 1. The number of cyclic esters (lactones) is 1. The van der Waals surface area contributed by atoms with Crippen LogP contribution in [0.25, 0.3) is 0 Å². The van der Waals surface area contributed by atoms with Gasteiger partial charge in [-0.15, -0.1) is 0 Å². The first-order chi connectivity index (χ1) is 16.3. The molecule has 1 saturated heterocycles. The summed E-state index contributed by atoms with van der Waals surface area (Å²) in [5.41, 5.74) is -2.01. The minimum absolute atomic E-state index is 0.0578. The van der Waals surface area contributed by atoms with E-state index >= 15 is 0 Å².